The maximum atomic E-state index is 13.7. The Balaban J connectivity index is 1.87. The second-order valence-electron chi connectivity index (χ2n) is 10.6. The van der Waals surface area contributed by atoms with Crippen LogP contribution in [0.1, 0.15) is 37.5 Å². The van der Waals surface area contributed by atoms with Gasteiger partial charge in [-0.25, -0.2) is 0 Å². The van der Waals surface area contributed by atoms with Crippen LogP contribution in [0.4, 0.5) is 0 Å². The third kappa shape index (κ3) is 3.77. The molecule has 0 radical (unpaired) electrons. The molecular weight excluding hydrogens is 434 g/mol. The summed E-state index contributed by atoms with van der Waals surface area (Å²) in [6.07, 6.45) is 0. The molecular formula is C29H33N3OSi. The SMILES string of the molecule is CC(C)(C)[Si](C)(C)N1C(=O)C(NC(c2ccccc2)(c2ccccc2)c2ccccc2)C1C#N. The van der Waals surface area contributed by atoms with Crippen molar-refractivity contribution in [1.82, 2.24) is 9.88 Å². The number of rotatable bonds is 6. The molecule has 0 saturated carbocycles. The van der Waals surface area contributed by atoms with Crippen LogP contribution in [0.3, 0.4) is 0 Å². The molecule has 0 spiro atoms. The molecule has 34 heavy (non-hydrogen) atoms. The zero-order valence-electron chi connectivity index (χ0n) is 20.6. The first-order valence-electron chi connectivity index (χ1n) is 11.8. The van der Waals surface area contributed by atoms with Crippen molar-refractivity contribution in [2.75, 3.05) is 0 Å². The highest BCUT2D eigenvalue weighted by Gasteiger charge is 2.59. The second-order valence-corrected chi connectivity index (χ2v) is 15.7. The van der Waals surface area contributed by atoms with Gasteiger partial charge in [0.25, 0.3) is 0 Å². The minimum Gasteiger partial charge on any atom is -0.351 e. The Bertz CT molecular complexity index is 1080. The van der Waals surface area contributed by atoms with Crippen LogP contribution in [-0.2, 0) is 10.3 Å². The van der Waals surface area contributed by atoms with Crippen LogP contribution in [0.25, 0.3) is 0 Å². The Morgan fingerprint density at radius 3 is 1.50 bits per heavy atom. The van der Waals surface area contributed by atoms with Crippen molar-refractivity contribution in [2.24, 2.45) is 0 Å². The van der Waals surface area contributed by atoms with Crippen molar-refractivity contribution in [1.29, 1.82) is 5.26 Å². The highest BCUT2D eigenvalue weighted by molar-refractivity contribution is 6.80. The van der Waals surface area contributed by atoms with Crippen LogP contribution in [0.2, 0.25) is 18.1 Å². The molecule has 1 saturated heterocycles. The van der Waals surface area contributed by atoms with Gasteiger partial charge in [-0.05, 0) is 21.7 Å². The van der Waals surface area contributed by atoms with E-state index in [0.717, 1.165) is 16.7 Å². The van der Waals surface area contributed by atoms with Crippen LogP contribution in [0, 0.1) is 11.3 Å². The summed E-state index contributed by atoms with van der Waals surface area (Å²) in [5, 5.41) is 13.9. The fourth-order valence-electron chi connectivity index (χ4n) is 4.79. The molecule has 174 valence electrons. The number of β-lactam (4-membered cyclic amide) rings is 1. The van der Waals surface area contributed by atoms with E-state index >= 15 is 0 Å². The highest BCUT2D eigenvalue weighted by Crippen LogP contribution is 2.45. The lowest BCUT2D eigenvalue weighted by atomic mass is 9.75. The largest absolute Gasteiger partial charge is 0.351 e. The van der Waals surface area contributed by atoms with E-state index in [-0.39, 0.29) is 10.9 Å². The predicted octanol–water partition coefficient (Wildman–Crippen LogP) is 5.68. The van der Waals surface area contributed by atoms with Gasteiger partial charge in [0.05, 0.1) is 11.6 Å². The van der Waals surface area contributed by atoms with Gasteiger partial charge in [-0.1, -0.05) is 125 Å². The molecule has 3 aromatic rings. The summed E-state index contributed by atoms with van der Waals surface area (Å²) in [7, 11) is -2.20. The summed E-state index contributed by atoms with van der Waals surface area (Å²) < 4.78 is 1.90. The molecule has 3 aromatic carbocycles. The van der Waals surface area contributed by atoms with E-state index in [9.17, 15) is 10.1 Å². The minimum atomic E-state index is -2.20. The molecule has 1 amide bonds. The van der Waals surface area contributed by atoms with Crippen molar-refractivity contribution in [3.63, 3.8) is 0 Å². The number of hydrogen-bond donors (Lipinski definition) is 1. The number of carbonyl (C=O) groups is 1. The molecule has 4 rings (SSSR count). The Morgan fingerprint density at radius 2 is 1.18 bits per heavy atom. The van der Waals surface area contributed by atoms with E-state index in [1.165, 1.54) is 0 Å². The summed E-state index contributed by atoms with van der Waals surface area (Å²) in [5.74, 6) is 0.0188. The first kappa shape index (κ1) is 23.9. The van der Waals surface area contributed by atoms with E-state index in [4.69, 9.17) is 0 Å². The number of nitrogens with zero attached hydrogens (tertiary/aromatic N) is 2. The smallest absolute Gasteiger partial charge is 0.236 e. The van der Waals surface area contributed by atoms with Crippen molar-refractivity contribution < 1.29 is 4.79 Å². The van der Waals surface area contributed by atoms with Gasteiger partial charge in [0, 0.05) is 0 Å². The van der Waals surface area contributed by atoms with Gasteiger partial charge in [0.15, 0.2) is 8.24 Å². The van der Waals surface area contributed by atoms with Crippen LogP contribution < -0.4 is 5.32 Å². The summed E-state index contributed by atoms with van der Waals surface area (Å²) in [6, 6.07) is 32.0. The molecule has 0 aliphatic carbocycles. The predicted molar refractivity (Wildman–Crippen MR) is 140 cm³/mol. The zero-order valence-corrected chi connectivity index (χ0v) is 21.6. The first-order valence-corrected chi connectivity index (χ1v) is 14.8. The average molecular weight is 468 g/mol. The van der Waals surface area contributed by atoms with E-state index in [1.54, 1.807) is 0 Å². The van der Waals surface area contributed by atoms with Crippen molar-refractivity contribution >= 4 is 14.1 Å². The number of hydrogen-bond acceptors (Lipinski definition) is 3. The van der Waals surface area contributed by atoms with Crippen LogP contribution >= 0.6 is 0 Å². The Kier molecular flexibility index (Phi) is 6.24. The molecule has 4 nitrogen and oxygen atoms in total. The Morgan fingerprint density at radius 1 is 0.794 bits per heavy atom. The normalized spacial score (nSPS) is 18.8. The lowest BCUT2D eigenvalue weighted by Gasteiger charge is -2.57. The number of carbonyl (C=O) groups excluding carboxylic acids is 1. The molecule has 0 aromatic heterocycles. The molecule has 1 aliphatic rings. The maximum absolute atomic E-state index is 13.7. The average Bonchev–Trinajstić information content (AvgIpc) is 2.84. The van der Waals surface area contributed by atoms with Crippen LogP contribution in [0.15, 0.2) is 91.0 Å². The fraction of sp³-hybridized carbons (Fsp3) is 0.310. The van der Waals surface area contributed by atoms with Crippen LogP contribution in [-0.4, -0.2) is 30.8 Å². The second kappa shape index (κ2) is 8.86. The van der Waals surface area contributed by atoms with Gasteiger partial charge in [0.1, 0.15) is 12.1 Å². The molecule has 1 heterocycles. The fourth-order valence-corrected chi connectivity index (χ4v) is 7.11. The number of amides is 1. The van der Waals surface area contributed by atoms with Crippen molar-refractivity contribution in [3.8, 4) is 6.07 Å². The zero-order chi connectivity index (χ0) is 24.6. The molecule has 2 unspecified atom stereocenters. The molecule has 2 atom stereocenters. The third-order valence-electron chi connectivity index (χ3n) is 7.66. The molecule has 1 aliphatic heterocycles. The van der Waals surface area contributed by atoms with Gasteiger partial charge in [-0.15, -0.1) is 0 Å². The van der Waals surface area contributed by atoms with E-state index < -0.39 is 25.9 Å². The van der Waals surface area contributed by atoms with Crippen molar-refractivity contribution in [2.45, 2.75) is 56.5 Å². The topological polar surface area (TPSA) is 56.1 Å². The van der Waals surface area contributed by atoms with Gasteiger partial charge in [-0.2, -0.15) is 5.26 Å². The molecule has 0 bridgehead atoms. The van der Waals surface area contributed by atoms with E-state index in [1.807, 2.05) is 59.2 Å². The van der Waals surface area contributed by atoms with E-state index in [0.29, 0.717) is 0 Å². The quantitative estimate of drug-likeness (QED) is 0.288. The molecule has 1 fully saturated rings. The lowest BCUT2D eigenvalue weighted by Crippen LogP contribution is -2.79. The molecule has 1 N–H and O–H groups in total. The van der Waals surface area contributed by atoms with Crippen molar-refractivity contribution in [3.05, 3.63) is 108 Å². The van der Waals surface area contributed by atoms with Gasteiger partial charge < -0.3 is 4.57 Å². The van der Waals surface area contributed by atoms with E-state index in [2.05, 4.69) is 81.6 Å². The number of benzene rings is 3. The Hall–Kier alpha value is -3.20. The highest BCUT2D eigenvalue weighted by atomic mass is 28.3. The minimum absolute atomic E-state index is 0.0188. The third-order valence-corrected chi connectivity index (χ3v) is 13.0. The maximum Gasteiger partial charge on any atom is 0.236 e. The summed E-state index contributed by atoms with van der Waals surface area (Å²) in [4.78, 5) is 13.7. The number of nitriles is 1. The van der Waals surface area contributed by atoms with Gasteiger partial charge >= 0.3 is 0 Å². The lowest BCUT2D eigenvalue weighted by molar-refractivity contribution is -0.141. The van der Waals surface area contributed by atoms with Crippen LogP contribution in [0.5, 0.6) is 0 Å². The van der Waals surface area contributed by atoms with Gasteiger partial charge in [-0.3, -0.25) is 10.1 Å². The van der Waals surface area contributed by atoms with Gasteiger partial charge in [0.2, 0.25) is 5.91 Å². The molecule has 5 heteroatoms. The monoisotopic (exact) mass is 467 g/mol. The summed E-state index contributed by atoms with van der Waals surface area (Å²) >= 11 is 0. The number of nitrogens with one attached hydrogen (secondary N) is 1. The Labute approximate surface area is 204 Å². The summed E-state index contributed by atoms with van der Waals surface area (Å²) in [6.45, 7) is 10.9. The first-order chi connectivity index (χ1) is 16.1. The standard InChI is InChI=1S/C29H33N3OSi/c1-28(2,3)34(4,5)32-25(21-30)26(27(32)33)31-29(22-15-9-6-10-16-22,23-17-11-7-12-18-23)24-19-13-8-14-20-24/h6-20,25-26,31H,1-5H3. The summed E-state index contributed by atoms with van der Waals surface area (Å²) in [5.41, 5.74) is 2.31.